The predicted octanol–water partition coefficient (Wildman–Crippen LogP) is 3.43. The van der Waals surface area contributed by atoms with Gasteiger partial charge in [-0.15, -0.1) is 0 Å². The lowest BCUT2D eigenvalue weighted by atomic mass is 9.89. The summed E-state index contributed by atoms with van der Waals surface area (Å²) in [5.74, 6) is 2.72. The summed E-state index contributed by atoms with van der Waals surface area (Å²) in [6.07, 6.45) is 4.57. The Morgan fingerprint density at radius 3 is 2.54 bits per heavy atom. The quantitative estimate of drug-likeness (QED) is 0.553. The molecule has 1 fully saturated rings. The number of pyridine rings is 1. The fraction of sp³-hybridized carbons (Fsp3) is 0.727. The average molecular weight is 390 g/mol. The number of methoxy groups -OCH3 is 1. The fourth-order valence-corrected chi connectivity index (χ4v) is 3.38. The standard InChI is InChI=1S/C22H39N5O/c1-7-23-21(26-16-19(28-6)22(3,4)5)25-15-18-8-9-20(24-14-18)27-12-10-17(2)11-13-27/h8-9,14,17,19H,7,10-13,15-16H2,1-6H3,(H2,23,25,26). The van der Waals surface area contributed by atoms with Crippen LogP contribution in [-0.2, 0) is 11.3 Å². The van der Waals surface area contributed by atoms with E-state index in [1.807, 2.05) is 6.20 Å². The molecule has 0 bridgehead atoms. The number of hydrogen-bond acceptors (Lipinski definition) is 4. The minimum Gasteiger partial charge on any atom is -0.379 e. The van der Waals surface area contributed by atoms with Crippen LogP contribution in [0.25, 0.3) is 0 Å². The zero-order valence-electron chi connectivity index (χ0n) is 18.6. The molecule has 0 saturated carbocycles. The van der Waals surface area contributed by atoms with Gasteiger partial charge in [0.1, 0.15) is 5.82 Å². The molecule has 0 aromatic carbocycles. The van der Waals surface area contributed by atoms with Crippen molar-refractivity contribution in [2.24, 2.45) is 16.3 Å². The lowest BCUT2D eigenvalue weighted by molar-refractivity contribution is 0.0205. The van der Waals surface area contributed by atoms with Crippen LogP contribution in [0.1, 0.15) is 53.0 Å². The first-order valence-corrected chi connectivity index (χ1v) is 10.6. The van der Waals surface area contributed by atoms with Gasteiger partial charge < -0.3 is 20.3 Å². The number of nitrogens with zero attached hydrogens (tertiary/aromatic N) is 3. The summed E-state index contributed by atoms with van der Waals surface area (Å²) in [5.41, 5.74) is 1.19. The topological polar surface area (TPSA) is 61.8 Å². The van der Waals surface area contributed by atoms with E-state index < -0.39 is 0 Å². The molecule has 0 spiro atoms. The Morgan fingerprint density at radius 1 is 1.29 bits per heavy atom. The first-order chi connectivity index (χ1) is 13.3. The Labute approximate surface area is 171 Å². The van der Waals surface area contributed by atoms with Crippen LogP contribution < -0.4 is 15.5 Å². The zero-order valence-corrected chi connectivity index (χ0v) is 18.6. The summed E-state index contributed by atoms with van der Waals surface area (Å²) in [7, 11) is 1.76. The van der Waals surface area contributed by atoms with Crippen LogP contribution in [0.15, 0.2) is 23.3 Å². The van der Waals surface area contributed by atoms with Crippen molar-refractivity contribution in [3.8, 4) is 0 Å². The molecule has 1 aliphatic heterocycles. The summed E-state index contributed by atoms with van der Waals surface area (Å²) in [6, 6.07) is 4.27. The molecular formula is C22H39N5O. The van der Waals surface area contributed by atoms with Gasteiger partial charge in [0, 0.05) is 39.5 Å². The van der Waals surface area contributed by atoms with Crippen molar-refractivity contribution in [2.75, 3.05) is 38.2 Å². The second-order valence-corrected chi connectivity index (χ2v) is 8.86. The molecule has 6 nitrogen and oxygen atoms in total. The van der Waals surface area contributed by atoms with Crippen molar-refractivity contribution in [2.45, 2.75) is 60.1 Å². The lowest BCUT2D eigenvalue weighted by Crippen LogP contribution is -2.45. The fourth-order valence-electron chi connectivity index (χ4n) is 3.38. The number of ether oxygens (including phenoxy) is 1. The molecule has 1 aromatic rings. The van der Waals surface area contributed by atoms with Gasteiger partial charge in [-0.3, -0.25) is 0 Å². The van der Waals surface area contributed by atoms with Gasteiger partial charge in [-0.25, -0.2) is 9.98 Å². The maximum atomic E-state index is 5.62. The van der Waals surface area contributed by atoms with Crippen LogP contribution in [0.3, 0.4) is 0 Å². The van der Waals surface area contributed by atoms with Gasteiger partial charge in [0.2, 0.25) is 0 Å². The van der Waals surface area contributed by atoms with E-state index in [9.17, 15) is 0 Å². The first-order valence-electron chi connectivity index (χ1n) is 10.6. The van der Waals surface area contributed by atoms with E-state index in [0.717, 1.165) is 49.4 Å². The number of rotatable bonds is 7. The molecule has 2 rings (SSSR count). The number of guanidine groups is 1. The second kappa shape index (κ2) is 10.6. The SMILES string of the molecule is CCNC(=NCc1ccc(N2CCC(C)CC2)nc1)NCC(OC)C(C)(C)C. The van der Waals surface area contributed by atoms with Gasteiger partial charge >= 0.3 is 0 Å². The lowest BCUT2D eigenvalue weighted by Gasteiger charge is -2.31. The van der Waals surface area contributed by atoms with E-state index in [1.54, 1.807) is 7.11 Å². The minimum absolute atomic E-state index is 0.0745. The molecule has 0 aliphatic carbocycles. The molecule has 6 heteroatoms. The molecule has 28 heavy (non-hydrogen) atoms. The normalized spacial score (nSPS) is 17.5. The van der Waals surface area contributed by atoms with E-state index >= 15 is 0 Å². The van der Waals surface area contributed by atoms with Crippen LogP contribution >= 0.6 is 0 Å². The second-order valence-electron chi connectivity index (χ2n) is 8.86. The van der Waals surface area contributed by atoms with Gasteiger partial charge in [0.05, 0.1) is 12.6 Å². The van der Waals surface area contributed by atoms with E-state index in [4.69, 9.17) is 9.73 Å². The maximum Gasteiger partial charge on any atom is 0.191 e. The molecule has 0 amide bonds. The highest BCUT2D eigenvalue weighted by Crippen LogP contribution is 2.22. The Kier molecular flexibility index (Phi) is 8.55. The van der Waals surface area contributed by atoms with Crippen molar-refractivity contribution in [1.29, 1.82) is 0 Å². The Morgan fingerprint density at radius 2 is 2.00 bits per heavy atom. The van der Waals surface area contributed by atoms with E-state index in [-0.39, 0.29) is 11.5 Å². The zero-order chi connectivity index (χ0) is 20.6. The highest BCUT2D eigenvalue weighted by atomic mass is 16.5. The van der Waals surface area contributed by atoms with E-state index in [1.165, 1.54) is 12.8 Å². The third-order valence-electron chi connectivity index (χ3n) is 5.39. The monoisotopic (exact) mass is 389 g/mol. The highest BCUT2D eigenvalue weighted by molar-refractivity contribution is 5.79. The third kappa shape index (κ3) is 6.97. The van der Waals surface area contributed by atoms with Crippen LogP contribution in [-0.4, -0.2) is 50.3 Å². The molecular weight excluding hydrogens is 350 g/mol. The number of nitrogens with one attached hydrogen (secondary N) is 2. The Bertz CT molecular complexity index is 600. The number of anilines is 1. The van der Waals surface area contributed by atoms with Crippen molar-refractivity contribution in [3.05, 3.63) is 23.9 Å². The number of piperidine rings is 1. The van der Waals surface area contributed by atoms with Gasteiger partial charge in [-0.1, -0.05) is 33.8 Å². The summed E-state index contributed by atoms with van der Waals surface area (Å²) in [4.78, 5) is 11.8. The number of aromatic nitrogens is 1. The van der Waals surface area contributed by atoms with Crippen LogP contribution in [0.4, 0.5) is 5.82 Å². The van der Waals surface area contributed by atoms with Gasteiger partial charge in [-0.2, -0.15) is 0 Å². The summed E-state index contributed by atoms with van der Waals surface area (Å²) in [6.45, 7) is 15.3. The maximum absolute atomic E-state index is 5.62. The molecule has 1 saturated heterocycles. The van der Waals surface area contributed by atoms with Crippen molar-refractivity contribution < 1.29 is 4.74 Å². The van der Waals surface area contributed by atoms with Crippen molar-refractivity contribution in [1.82, 2.24) is 15.6 Å². The largest absolute Gasteiger partial charge is 0.379 e. The predicted molar refractivity (Wildman–Crippen MR) is 118 cm³/mol. The molecule has 2 N–H and O–H groups in total. The van der Waals surface area contributed by atoms with Crippen LogP contribution in [0.5, 0.6) is 0 Å². The average Bonchev–Trinajstić information content (AvgIpc) is 2.66. The number of aliphatic imine (C=N–C) groups is 1. The molecule has 158 valence electrons. The molecule has 1 unspecified atom stereocenters. The molecule has 1 aromatic heterocycles. The van der Waals surface area contributed by atoms with Gasteiger partial charge in [0.25, 0.3) is 0 Å². The number of hydrogen-bond donors (Lipinski definition) is 2. The summed E-state index contributed by atoms with van der Waals surface area (Å²) in [5, 5.41) is 6.71. The molecule has 1 atom stereocenters. The van der Waals surface area contributed by atoms with Gasteiger partial charge in [0.15, 0.2) is 5.96 Å². The Hall–Kier alpha value is -1.82. The van der Waals surface area contributed by atoms with Crippen molar-refractivity contribution >= 4 is 11.8 Å². The third-order valence-corrected chi connectivity index (χ3v) is 5.39. The van der Waals surface area contributed by atoms with E-state index in [0.29, 0.717) is 6.54 Å². The van der Waals surface area contributed by atoms with Gasteiger partial charge in [-0.05, 0) is 42.7 Å². The first kappa shape index (κ1) is 22.5. The molecule has 1 aliphatic rings. The summed E-state index contributed by atoms with van der Waals surface area (Å²) < 4.78 is 5.62. The Balaban J connectivity index is 1.92. The minimum atomic E-state index is 0.0745. The summed E-state index contributed by atoms with van der Waals surface area (Å²) >= 11 is 0. The smallest absolute Gasteiger partial charge is 0.191 e. The molecule has 0 radical (unpaired) electrons. The van der Waals surface area contributed by atoms with Crippen molar-refractivity contribution in [3.63, 3.8) is 0 Å². The van der Waals surface area contributed by atoms with E-state index in [2.05, 4.69) is 67.3 Å². The molecule has 2 heterocycles. The highest BCUT2D eigenvalue weighted by Gasteiger charge is 2.24. The van der Waals surface area contributed by atoms with Crippen LogP contribution in [0, 0.1) is 11.3 Å². The van der Waals surface area contributed by atoms with Crippen LogP contribution in [0.2, 0.25) is 0 Å².